The van der Waals surface area contributed by atoms with Crippen molar-refractivity contribution in [3.05, 3.63) is 18.0 Å². The van der Waals surface area contributed by atoms with E-state index in [1.807, 2.05) is 13.0 Å². The van der Waals surface area contributed by atoms with Gasteiger partial charge in [-0.25, -0.2) is 0 Å². The fraction of sp³-hybridized carbons (Fsp3) is 0.583. The summed E-state index contributed by atoms with van der Waals surface area (Å²) in [5, 5.41) is 3.46. The molecule has 0 saturated heterocycles. The molecule has 0 radical (unpaired) electrons. The van der Waals surface area contributed by atoms with Crippen molar-refractivity contribution in [2.75, 3.05) is 19.5 Å². The average Bonchev–Trinajstić information content (AvgIpc) is 2.23. The van der Waals surface area contributed by atoms with Crippen molar-refractivity contribution in [2.45, 2.75) is 31.9 Å². The molecule has 88 valence electrons. The van der Waals surface area contributed by atoms with E-state index >= 15 is 0 Å². The van der Waals surface area contributed by atoms with E-state index in [1.165, 1.54) is 0 Å². The van der Waals surface area contributed by atoms with Gasteiger partial charge < -0.3 is 14.8 Å². The molecular formula is C12H18N2O2. The first-order valence-electron chi connectivity index (χ1n) is 5.53. The van der Waals surface area contributed by atoms with Gasteiger partial charge in [-0.3, -0.25) is 4.98 Å². The second-order valence-corrected chi connectivity index (χ2v) is 4.20. The fourth-order valence-corrected chi connectivity index (χ4v) is 1.92. The minimum absolute atomic E-state index is 0.409. The summed E-state index contributed by atoms with van der Waals surface area (Å²) in [5.74, 6) is 0.798. The van der Waals surface area contributed by atoms with Crippen LogP contribution in [0.25, 0.3) is 0 Å². The maximum Gasteiger partial charge on any atom is 0.160 e. The first kappa shape index (κ1) is 11.2. The van der Waals surface area contributed by atoms with Gasteiger partial charge in [0.05, 0.1) is 25.1 Å². The monoisotopic (exact) mass is 222 g/mol. The first-order chi connectivity index (χ1) is 7.72. The average molecular weight is 222 g/mol. The van der Waals surface area contributed by atoms with Crippen LogP contribution in [0.15, 0.2) is 12.3 Å². The SMILES string of the molecule is COc1cnc(C)cc1NC1CC(OC)C1. The van der Waals surface area contributed by atoms with Gasteiger partial charge >= 0.3 is 0 Å². The van der Waals surface area contributed by atoms with E-state index in [9.17, 15) is 0 Å². The summed E-state index contributed by atoms with van der Waals surface area (Å²) in [6.07, 6.45) is 4.28. The van der Waals surface area contributed by atoms with Gasteiger partial charge in [0.2, 0.25) is 0 Å². The Hall–Kier alpha value is -1.29. The Bertz CT molecular complexity index is 362. The van der Waals surface area contributed by atoms with Crippen LogP contribution in [0.4, 0.5) is 5.69 Å². The van der Waals surface area contributed by atoms with E-state index in [2.05, 4.69) is 10.3 Å². The van der Waals surface area contributed by atoms with Crippen LogP contribution in [0.3, 0.4) is 0 Å². The lowest BCUT2D eigenvalue weighted by atomic mass is 9.89. The summed E-state index contributed by atoms with van der Waals surface area (Å²) < 4.78 is 10.5. The zero-order valence-electron chi connectivity index (χ0n) is 9.99. The molecule has 1 aliphatic carbocycles. The Morgan fingerprint density at radius 1 is 1.38 bits per heavy atom. The molecule has 0 unspecified atom stereocenters. The van der Waals surface area contributed by atoms with E-state index in [0.29, 0.717) is 12.1 Å². The van der Waals surface area contributed by atoms with Crippen LogP contribution in [0.2, 0.25) is 0 Å². The highest BCUT2D eigenvalue weighted by molar-refractivity contribution is 5.56. The lowest BCUT2D eigenvalue weighted by Crippen LogP contribution is -2.40. The predicted molar refractivity (Wildman–Crippen MR) is 63.0 cm³/mol. The molecule has 0 bridgehead atoms. The molecule has 1 aromatic rings. The van der Waals surface area contributed by atoms with Crippen molar-refractivity contribution in [1.82, 2.24) is 4.98 Å². The topological polar surface area (TPSA) is 43.4 Å². The van der Waals surface area contributed by atoms with Gasteiger partial charge in [0.1, 0.15) is 0 Å². The number of nitrogens with one attached hydrogen (secondary N) is 1. The van der Waals surface area contributed by atoms with Gasteiger partial charge in [-0.05, 0) is 25.8 Å². The lowest BCUT2D eigenvalue weighted by molar-refractivity contribution is 0.0328. The number of aryl methyl sites for hydroxylation is 1. The van der Waals surface area contributed by atoms with Crippen LogP contribution in [0, 0.1) is 6.92 Å². The van der Waals surface area contributed by atoms with Gasteiger partial charge in [-0.1, -0.05) is 0 Å². The molecule has 1 aliphatic rings. The highest BCUT2D eigenvalue weighted by Gasteiger charge is 2.29. The molecule has 16 heavy (non-hydrogen) atoms. The molecule has 0 amide bonds. The Labute approximate surface area is 96.0 Å². The van der Waals surface area contributed by atoms with E-state index in [-0.39, 0.29) is 0 Å². The molecule has 4 heteroatoms. The quantitative estimate of drug-likeness (QED) is 0.846. The normalized spacial score (nSPS) is 23.7. The number of rotatable bonds is 4. The summed E-state index contributed by atoms with van der Waals surface area (Å²) in [6.45, 7) is 1.98. The lowest BCUT2D eigenvalue weighted by Gasteiger charge is -2.35. The number of anilines is 1. The molecule has 0 atom stereocenters. The van der Waals surface area contributed by atoms with Crippen LogP contribution in [0.1, 0.15) is 18.5 Å². The Kier molecular flexibility index (Phi) is 3.29. The number of aromatic nitrogens is 1. The molecule has 4 nitrogen and oxygen atoms in total. The molecule has 0 spiro atoms. The van der Waals surface area contributed by atoms with Crippen molar-refractivity contribution in [3.8, 4) is 5.75 Å². The molecule has 1 aromatic heterocycles. The maximum absolute atomic E-state index is 5.27. The zero-order chi connectivity index (χ0) is 11.5. The van der Waals surface area contributed by atoms with Crippen molar-refractivity contribution in [3.63, 3.8) is 0 Å². The van der Waals surface area contributed by atoms with Crippen LogP contribution < -0.4 is 10.1 Å². The second kappa shape index (κ2) is 4.70. The van der Waals surface area contributed by atoms with Gasteiger partial charge in [0.25, 0.3) is 0 Å². The molecule has 2 rings (SSSR count). The second-order valence-electron chi connectivity index (χ2n) is 4.20. The van der Waals surface area contributed by atoms with Crippen molar-refractivity contribution < 1.29 is 9.47 Å². The molecule has 0 aliphatic heterocycles. The third kappa shape index (κ3) is 2.27. The molecule has 0 aromatic carbocycles. The fourth-order valence-electron chi connectivity index (χ4n) is 1.92. The molecule has 1 fully saturated rings. The van der Waals surface area contributed by atoms with Crippen molar-refractivity contribution in [1.29, 1.82) is 0 Å². The first-order valence-corrected chi connectivity index (χ1v) is 5.53. The van der Waals surface area contributed by atoms with Crippen LogP contribution in [-0.4, -0.2) is 31.3 Å². The van der Waals surface area contributed by atoms with Gasteiger partial charge in [-0.15, -0.1) is 0 Å². The summed E-state index contributed by atoms with van der Waals surface area (Å²) in [4.78, 5) is 4.20. The number of hydrogen-bond acceptors (Lipinski definition) is 4. The van der Waals surface area contributed by atoms with Gasteiger partial charge in [-0.2, -0.15) is 0 Å². The minimum atomic E-state index is 0.409. The third-order valence-corrected chi connectivity index (χ3v) is 3.01. The van der Waals surface area contributed by atoms with Gasteiger partial charge in [0, 0.05) is 18.8 Å². The molecular weight excluding hydrogens is 204 g/mol. The molecule has 1 heterocycles. The number of nitrogens with zero attached hydrogens (tertiary/aromatic N) is 1. The molecule has 1 saturated carbocycles. The molecule has 1 N–H and O–H groups in total. The smallest absolute Gasteiger partial charge is 0.160 e. The van der Waals surface area contributed by atoms with Gasteiger partial charge in [0.15, 0.2) is 5.75 Å². The Balaban J connectivity index is 2.01. The summed E-state index contributed by atoms with van der Waals surface area (Å²) in [6, 6.07) is 2.50. The highest BCUT2D eigenvalue weighted by Crippen LogP contribution is 2.30. The number of ether oxygens (including phenoxy) is 2. The van der Waals surface area contributed by atoms with E-state index in [1.54, 1.807) is 20.4 Å². The largest absolute Gasteiger partial charge is 0.493 e. The summed E-state index contributed by atoms with van der Waals surface area (Å²) in [7, 11) is 3.42. The highest BCUT2D eigenvalue weighted by atomic mass is 16.5. The third-order valence-electron chi connectivity index (χ3n) is 3.01. The standard InChI is InChI=1S/C12H18N2O2/c1-8-4-11(12(16-3)7-13-8)14-9-5-10(6-9)15-2/h4,7,9-10H,5-6H2,1-3H3,(H,13,14). The van der Waals surface area contributed by atoms with Crippen LogP contribution in [0.5, 0.6) is 5.75 Å². The summed E-state index contributed by atoms with van der Waals surface area (Å²) >= 11 is 0. The number of methoxy groups -OCH3 is 2. The Morgan fingerprint density at radius 2 is 2.12 bits per heavy atom. The van der Waals surface area contributed by atoms with Crippen LogP contribution >= 0.6 is 0 Å². The minimum Gasteiger partial charge on any atom is -0.493 e. The number of pyridine rings is 1. The van der Waals surface area contributed by atoms with E-state index in [4.69, 9.17) is 9.47 Å². The van der Waals surface area contributed by atoms with Crippen molar-refractivity contribution in [2.24, 2.45) is 0 Å². The predicted octanol–water partition coefficient (Wildman–Crippen LogP) is 1.99. The van der Waals surface area contributed by atoms with E-state index in [0.717, 1.165) is 30.0 Å². The maximum atomic E-state index is 5.27. The Morgan fingerprint density at radius 3 is 2.75 bits per heavy atom. The summed E-state index contributed by atoms with van der Waals surface area (Å²) in [5.41, 5.74) is 2.01. The van der Waals surface area contributed by atoms with Crippen LogP contribution in [-0.2, 0) is 4.74 Å². The van der Waals surface area contributed by atoms with E-state index < -0.39 is 0 Å². The number of hydrogen-bond donors (Lipinski definition) is 1. The zero-order valence-corrected chi connectivity index (χ0v) is 9.99. The van der Waals surface area contributed by atoms with Crippen molar-refractivity contribution >= 4 is 5.69 Å².